The van der Waals surface area contributed by atoms with Gasteiger partial charge in [0.05, 0.1) is 34.9 Å². The summed E-state index contributed by atoms with van der Waals surface area (Å²) in [6.07, 6.45) is 5.88. The first-order valence-corrected chi connectivity index (χ1v) is 11.2. The van der Waals surface area contributed by atoms with Crippen molar-refractivity contribution in [1.29, 1.82) is 0 Å². The van der Waals surface area contributed by atoms with Crippen LogP contribution >= 0.6 is 27.5 Å². The van der Waals surface area contributed by atoms with E-state index in [4.69, 9.17) is 16.3 Å². The van der Waals surface area contributed by atoms with Crippen molar-refractivity contribution in [2.45, 2.75) is 47.6 Å². The molecule has 2 heterocycles. The number of ether oxygens (including phenoxy) is 1. The van der Waals surface area contributed by atoms with Gasteiger partial charge in [-0.1, -0.05) is 39.3 Å². The van der Waals surface area contributed by atoms with E-state index in [9.17, 15) is 4.79 Å². The molecule has 11 heteroatoms. The number of hydrazone groups is 2. The maximum absolute atomic E-state index is 12.4. The predicted molar refractivity (Wildman–Crippen MR) is 138 cm³/mol. The zero-order valence-corrected chi connectivity index (χ0v) is 21.8. The molecule has 2 rings (SSSR count). The minimum atomic E-state index is -0.486. The Morgan fingerprint density at radius 2 is 1.94 bits per heavy atom. The van der Waals surface area contributed by atoms with Gasteiger partial charge in [0.15, 0.2) is 5.82 Å². The van der Waals surface area contributed by atoms with E-state index in [2.05, 4.69) is 53.5 Å². The van der Waals surface area contributed by atoms with Gasteiger partial charge in [0.25, 0.3) is 0 Å². The molecule has 2 amide bonds. The maximum Gasteiger partial charge on any atom is 0.323 e. The van der Waals surface area contributed by atoms with E-state index in [1.54, 1.807) is 26.4 Å². The molecule has 2 N–H and O–H groups in total. The topological polar surface area (TPSA) is 104 Å². The molecule has 0 saturated carbocycles. The van der Waals surface area contributed by atoms with Crippen molar-refractivity contribution in [3.05, 3.63) is 39.7 Å². The van der Waals surface area contributed by atoms with Gasteiger partial charge in [-0.05, 0) is 35.8 Å². The minimum absolute atomic E-state index is 0.244. The molecule has 1 unspecified atom stereocenters. The Morgan fingerprint density at radius 3 is 2.47 bits per heavy atom. The van der Waals surface area contributed by atoms with E-state index < -0.39 is 6.03 Å². The van der Waals surface area contributed by atoms with Gasteiger partial charge in [-0.3, -0.25) is 4.98 Å². The third-order valence-electron chi connectivity index (χ3n) is 3.58. The number of halogens is 2. The van der Waals surface area contributed by atoms with Crippen LogP contribution in [0.15, 0.2) is 39.3 Å². The summed E-state index contributed by atoms with van der Waals surface area (Å²) in [6, 6.07) is 1.05. The Morgan fingerprint density at radius 1 is 1.28 bits per heavy atom. The smallest absolute Gasteiger partial charge is 0.323 e. The van der Waals surface area contributed by atoms with Gasteiger partial charge in [0, 0.05) is 36.3 Å². The fraction of sp³-hybridized carbons (Fsp3) is 0.381. The Labute approximate surface area is 203 Å². The number of nitrogens with zero attached hydrogens (tertiary/aromatic N) is 5. The Bertz CT molecular complexity index is 896. The number of carbonyl (C=O) groups excluding carboxylic acids is 1. The lowest BCUT2D eigenvalue weighted by Gasteiger charge is -2.17. The number of hydrogen-bond acceptors (Lipinski definition) is 7. The lowest BCUT2D eigenvalue weighted by molar-refractivity contribution is 0.119. The Balaban J connectivity index is 0.00000227. The molecule has 2 aromatic rings. The molecule has 0 saturated heterocycles. The van der Waals surface area contributed by atoms with Crippen LogP contribution < -0.4 is 15.8 Å². The standard InChI is InChI=1S/C17H19BrClN7O2.2C2H6/c1-5-23-26(20-3)16-13(19)6-11(7-22-16)24-17(27)25-14-9-21-8-12(18)15(14)10(2)28-4;2*1-2/h5-10H,3H2,1-2,4H3,(H2,24,25,27);2*1-2H3/b23-5-;;. The molecular formula is C21H31BrClN7O2. The summed E-state index contributed by atoms with van der Waals surface area (Å²) in [5.41, 5.74) is 1.67. The molecule has 0 aliphatic rings. The number of aromatic nitrogens is 2. The van der Waals surface area contributed by atoms with Crippen LogP contribution in [-0.4, -0.2) is 36.0 Å². The summed E-state index contributed by atoms with van der Waals surface area (Å²) in [6.45, 7) is 15.0. The number of pyridine rings is 2. The van der Waals surface area contributed by atoms with Crippen LogP contribution in [0.1, 0.15) is 53.2 Å². The van der Waals surface area contributed by atoms with Crippen LogP contribution in [0.5, 0.6) is 0 Å². The molecule has 0 fully saturated rings. The highest BCUT2D eigenvalue weighted by atomic mass is 79.9. The van der Waals surface area contributed by atoms with E-state index in [1.807, 2.05) is 34.6 Å². The van der Waals surface area contributed by atoms with Crippen molar-refractivity contribution in [2.24, 2.45) is 10.2 Å². The molecule has 0 aromatic carbocycles. The molecule has 2 aromatic heterocycles. The first-order chi connectivity index (χ1) is 15.4. The van der Waals surface area contributed by atoms with Crippen molar-refractivity contribution >= 4 is 63.7 Å². The fourth-order valence-corrected chi connectivity index (χ4v) is 3.17. The minimum Gasteiger partial charge on any atom is -0.377 e. The summed E-state index contributed by atoms with van der Waals surface area (Å²) in [5, 5.41) is 14.5. The van der Waals surface area contributed by atoms with Crippen molar-refractivity contribution in [2.75, 3.05) is 22.9 Å². The highest BCUT2D eigenvalue weighted by molar-refractivity contribution is 9.10. The number of carbonyl (C=O) groups is 1. The average molecular weight is 529 g/mol. The van der Waals surface area contributed by atoms with Gasteiger partial charge in [0.1, 0.15) is 0 Å². The average Bonchev–Trinajstić information content (AvgIpc) is 2.80. The van der Waals surface area contributed by atoms with Gasteiger partial charge in [-0.15, -0.1) is 5.12 Å². The van der Waals surface area contributed by atoms with Gasteiger partial charge in [-0.25, -0.2) is 9.78 Å². The number of nitrogens with one attached hydrogen (secondary N) is 2. The van der Waals surface area contributed by atoms with Crippen molar-refractivity contribution in [3.8, 4) is 0 Å². The summed E-state index contributed by atoms with van der Waals surface area (Å²) in [5.74, 6) is 0.285. The normalized spacial score (nSPS) is 10.8. The molecule has 0 radical (unpaired) electrons. The summed E-state index contributed by atoms with van der Waals surface area (Å²) in [4.78, 5) is 20.7. The first kappa shape index (κ1) is 29.4. The number of rotatable bonds is 7. The SMILES string of the molecule is C=NN(/N=C\C)c1ncc(NC(=O)Nc2cncc(Br)c2C(C)OC)cc1Cl.CC.CC. The number of hydrogen-bond donors (Lipinski definition) is 2. The van der Waals surface area contributed by atoms with Crippen molar-refractivity contribution in [1.82, 2.24) is 9.97 Å². The Kier molecular flexibility index (Phi) is 14.8. The summed E-state index contributed by atoms with van der Waals surface area (Å²) < 4.78 is 6.08. The molecule has 0 aliphatic heterocycles. The lowest BCUT2D eigenvalue weighted by Crippen LogP contribution is -2.21. The van der Waals surface area contributed by atoms with Gasteiger partial charge in [0.2, 0.25) is 0 Å². The zero-order chi connectivity index (χ0) is 24.7. The van der Waals surface area contributed by atoms with Crippen molar-refractivity contribution < 1.29 is 9.53 Å². The summed E-state index contributed by atoms with van der Waals surface area (Å²) in [7, 11) is 1.58. The molecule has 0 bridgehead atoms. The molecule has 32 heavy (non-hydrogen) atoms. The lowest BCUT2D eigenvalue weighted by atomic mass is 10.1. The third kappa shape index (κ3) is 8.52. The summed E-state index contributed by atoms with van der Waals surface area (Å²) >= 11 is 9.64. The van der Waals surface area contributed by atoms with Gasteiger partial charge < -0.3 is 15.4 Å². The largest absolute Gasteiger partial charge is 0.377 e. The number of methoxy groups -OCH3 is 1. The van der Waals surface area contributed by atoms with E-state index >= 15 is 0 Å². The highest BCUT2D eigenvalue weighted by Crippen LogP contribution is 2.31. The van der Waals surface area contributed by atoms with E-state index in [0.717, 1.165) is 10.0 Å². The van der Waals surface area contributed by atoms with E-state index in [1.165, 1.54) is 23.6 Å². The quantitative estimate of drug-likeness (QED) is 0.306. The first-order valence-electron chi connectivity index (χ1n) is 10.1. The molecule has 176 valence electrons. The van der Waals surface area contributed by atoms with Crippen LogP contribution in [0.25, 0.3) is 0 Å². The van der Waals surface area contributed by atoms with Gasteiger partial charge in [-0.2, -0.15) is 10.2 Å². The molecule has 0 spiro atoms. The van der Waals surface area contributed by atoms with Crippen LogP contribution in [0.4, 0.5) is 22.0 Å². The van der Waals surface area contributed by atoms with Crippen molar-refractivity contribution in [3.63, 3.8) is 0 Å². The number of anilines is 3. The maximum atomic E-state index is 12.4. The molecule has 1 atom stereocenters. The second kappa shape index (κ2) is 16.1. The van der Waals surface area contributed by atoms with Gasteiger partial charge >= 0.3 is 6.03 Å². The van der Waals surface area contributed by atoms with Crippen LogP contribution in [0.3, 0.4) is 0 Å². The highest BCUT2D eigenvalue weighted by Gasteiger charge is 2.17. The van der Waals surface area contributed by atoms with E-state index in [0.29, 0.717) is 11.4 Å². The predicted octanol–water partition coefficient (Wildman–Crippen LogP) is 6.72. The monoisotopic (exact) mass is 527 g/mol. The molecule has 9 nitrogen and oxygen atoms in total. The second-order valence-corrected chi connectivity index (χ2v) is 6.64. The second-order valence-electron chi connectivity index (χ2n) is 5.37. The van der Waals surface area contributed by atoms with Crippen LogP contribution in [0.2, 0.25) is 5.02 Å². The van der Waals surface area contributed by atoms with E-state index in [-0.39, 0.29) is 16.9 Å². The molecule has 0 aliphatic carbocycles. The Hall–Kier alpha value is -2.56. The third-order valence-corrected chi connectivity index (χ3v) is 4.49. The molecular weight excluding hydrogens is 498 g/mol. The van der Waals surface area contributed by atoms with Crippen LogP contribution in [-0.2, 0) is 4.74 Å². The zero-order valence-electron chi connectivity index (χ0n) is 19.5. The van der Waals surface area contributed by atoms with Crippen LogP contribution in [0, 0.1) is 0 Å². The fourth-order valence-electron chi connectivity index (χ4n) is 2.27. The number of urea groups is 1. The number of amides is 2.